The molecule has 68 valence electrons. The van der Waals surface area contributed by atoms with Crippen LogP contribution in [0.25, 0.3) is 0 Å². The highest BCUT2D eigenvalue weighted by Gasteiger charge is 2.28. The average molecular weight is 177 g/mol. The molecule has 0 fully saturated rings. The average Bonchev–Trinajstić information content (AvgIpc) is 1.95. The molecule has 0 N–H and O–H groups in total. The molecule has 0 saturated carbocycles. The summed E-state index contributed by atoms with van der Waals surface area (Å²) in [7, 11) is 0. The number of rotatable bonds is 3. The Balaban J connectivity index is 4.28. The zero-order chi connectivity index (χ0) is 9.61. The number of allylic oxidation sites excluding steroid dienone is 2. The first kappa shape index (κ1) is 10.9. The summed E-state index contributed by atoms with van der Waals surface area (Å²) >= 11 is 0. The minimum Gasteiger partial charge on any atom is -0.261 e. The van der Waals surface area contributed by atoms with Gasteiger partial charge >= 0.3 is 6.18 Å². The molecular weight excluding hydrogens is 167 g/mol. The fourth-order valence-corrected chi connectivity index (χ4v) is 0.546. The van der Waals surface area contributed by atoms with Crippen LogP contribution in [0.1, 0.15) is 13.3 Å². The fraction of sp³-hybridized carbons (Fsp3) is 0.375. The highest BCUT2D eigenvalue weighted by molar-refractivity contribution is 5.95. The lowest BCUT2D eigenvalue weighted by atomic mass is 10.2. The van der Waals surface area contributed by atoms with E-state index in [1.807, 2.05) is 0 Å². The summed E-state index contributed by atoms with van der Waals surface area (Å²) < 4.78 is 35.3. The quantitative estimate of drug-likeness (QED) is 0.587. The van der Waals surface area contributed by atoms with Gasteiger partial charge in [0.2, 0.25) is 0 Å². The van der Waals surface area contributed by atoms with Gasteiger partial charge in [-0.15, -0.1) is 0 Å². The number of alkyl halides is 3. The molecule has 0 heterocycles. The van der Waals surface area contributed by atoms with Gasteiger partial charge in [-0.05, 0) is 13.0 Å². The maximum Gasteiger partial charge on any atom is 0.394 e. The van der Waals surface area contributed by atoms with Crippen molar-refractivity contribution in [3.05, 3.63) is 24.9 Å². The Bertz CT molecular complexity index is 201. The van der Waals surface area contributed by atoms with Gasteiger partial charge in [0.15, 0.2) is 0 Å². The van der Waals surface area contributed by atoms with Crippen molar-refractivity contribution >= 4 is 5.71 Å². The lowest BCUT2D eigenvalue weighted by molar-refractivity contribution is -0.121. The van der Waals surface area contributed by atoms with Crippen molar-refractivity contribution in [1.82, 2.24) is 0 Å². The molecule has 4 heteroatoms. The second-order valence-electron chi connectivity index (χ2n) is 2.10. The van der Waals surface area contributed by atoms with E-state index in [0.717, 1.165) is 6.08 Å². The first-order valence-electron chi connectivity index (χ1n) is 3.36. The lowest BCUT2D eigenvalue weighted by Crippen LogP contribution is -2.12. The number of halogens is 3. The van der Waals surface area contributed by atoms with E-state index >= 15 is 0 Å². The maximum atomic E-state index is 11.8. The molecule has 0 rings (SSSR count). The summed E-state index contributed by atoms with van der Waals surface area (Å²) in [5.41, 5.74) is -0.0689. The monoisotopic (exact) mass is 177 g/mol. The van der Waals surface area contributed by atoms with Crippen molar-refractivity contribution in [2.24, 2.45) is 4.99 Å². The number of aliphatic imine (C=N–C) groups is 1. The second-order valence-corrected chi connectivity index (χ2v) is 2.10. The largest absolute Gasteiger partial charge is 0.394 e. The van der Waals surface area contributed by atoms with Crippen LogP contribution in [0.4, 0.5) is 13.2 Å². The summed E-state index contributed by atoms with van der Waals surface area (Å²) in [5, 5.41) is 0. The van der Waals surface area contributed by atoms with Gasteiger partial charge in [-0.2, -0.15) is 13.2 Å². The SMILES string of the molecule is C=CC(CC(F)(F)F)=N/C=C\C. The lowest BCUT2D eigenvalue weighted by Gasteiger charge is -2.04. The van der Waals surface area contributed by atoms with Crippen LogP contribution in [-0.2, 0) is 0 Å². The molecule has 0 unspecified atom stereocenters. The summed E-state index contributed by atoms with van der Waals surface area (Å²) in [6.45, 7) is 4.91. The molecule has 0 aliphatic carbocycles. The van der Waals surface area contributed by atoms with Crippen molar-refractivity contribution < 1.29 is 13.2 Å². The Kier molecular flexibility index (Phi) is 4.33. The second kappa shape index (κ2) is 4.74. The van der Waals surface area contributed by atoms with E-state index in [-0.39, 0.29) is 5.71 Å². The molecule has 0 spiro atoms. The molecule has 0 aromatic carbocycles. The van der Waals surface area contributed by atoms with Crippen LogP contribution >= 0.6 is 0 Å². The molecule has 0 aromatic rings. The predicted molar refractivity (Wildman–Crippen MR) is 43.1 cm³/mol. The van der Waals surface area contributed by atoms with Crippen LogP contribution in [0.3, 0.4) is 0 Å². The van der Waals surface area contributed by atoms with Crippen LogP contribution in [0, 0.1) is 0 Å². The standard InChI is InChI=1S/C8H10F3N/c1-3-5-12-7(4-2)6-8(9,10)11/h3-5H,2,6H2,1H3/b5-3-,12-7?. The van der Waals surface area contributed by atoms with Crippen LogP contribution in [-0.4, -0.2) is 11.9 Å². The Hall–Kier alpha value is -1.06. The maximum absolute atomic E-state index is 11.8. The third-order valence-corrected chi connectivity index (χ3v) is 1.01. The van der Waals surface area contributed by atoms with Crippen LogP contribution < -0.4 is 0 Å². The van der Waals surface area contributed by atoms with Gasteiger partial charge in [-0.1, -0.05) is 12.7 Å². The van der Waals surface area contributed by atoms with E-state index in [1.54, 1.807) is 13.0 Å². The number of nitrogens with zero attached hydrogens (tertiary/aromatic N) is 1. The molecule has 0 aliphatic rings. The van der Waals surface area contributed by atoms with Gasteiger partial charge < -0.3 is 0 Å². The smallest absolute Gasteiger partial charge is 0.261 e. The minimum absolute atomic E-state index is 0.0689. The third kappa shape index (κ3) is 5.70. The molecule has 0 radical (unpaired) electrons. The Morgan fingerprint density at radius 1 is 1.50 bits per heavy atom. The molecule has 0 atom stereocenters. The number of hydrogen-bond donors (Lipinski definition) is 0. The van der Waals surface area contributed by atoms with E-state index < -0.39 is 12.6 Å². The minimum atomic E-state index is -4.21. The summed E-state index contributed by atoms with van der Waals surface area (Å²) in [6.07, 6.45) is -1.27. The van der Waals surface area contributed by atoms with Gasteiger partial charge in [-0.3, -0.25) is 4.99 Å². The highest BCUT2D eigenvalue weighted by Crippen LogP contribution is 2.20. The molecule has 0 saturated heterocycles. The van der Waals surface area contributed by atoms with Gasteiger partial charge in [0, 0.05) is 11.9 Å². The summed E-state index contributed by atoms with van der Waals surface area (Å²) in [6, 6.07) is 0. The van der Waals surface area contributed by atoms with Crippen molar-refractivity contribution in [3.63, 3.8) is 0 Å². The van der Waals surface area contributed by atoms with Crippen molar-refractivity contribution in [2.45, 2.75) is 19.5 Å². The fourth-order valence-electron chi connectivity index (χ4n) is 0.546. The van der Waals surface area contributed by atoms with Crippen LogP contribution in [0.2, 0.25) is 0 Å². The van der Waals surface area contributed by atoms with Crippen molar-refractivity contribution in [1.29, 1.82) is 0 Å². The molecule has 0 aliphatic heterocycles. The van der Waals surface area contributed by atoms with Crippen LogP contribution in [0.5, 0.6) is 0 Å². The summed E-state index contributed by atoms with van der Waals surface area (Å²) in [5.74, 6) is 0. The van der Waals surface area contributed by atoms with E-state index in [9.17, 15) is 13.2 Å². The van der Waals surface area contributed by atoms with Gasteiger partial charge in [0.1, 0.15) is 0 Å². The highest BCUT2D eigenvalue weighted by atomic mass is 19.4. The first-order chi connectivity index (χ1) is 5.49. The Morgan fingerprint density at radius 2 is 2.08 bits per heavy atom. The Morgan fingerprint density at radius 3 is 2.42 bits per heavy atom. The molecular formula is C8H10F3N. The van der Waals surface area contributed by atoms with Crippen molar-refractivity contribution in [3.8, 4) is 0 Å². The van der Waals surface area contributed by atoms with Gasteiger partial charge in [0.05, 0.1) is 6.42 Å². The third-order valence-electron chi connectivity index (χ3n) is 1.01. The summed E-state index contributed by atoms with van der Waals surface area (Å²) in [4.78, 5) is 3.54. The zero-order valence-electron chi connectivity index (χ0n) is 6.73. The molecule has 12 heavy (non-hydrogen) atoms. The first-order valence-corrected chi connectivity index (χ1v) is 3.36. The number of hydrogen-bond acceptors (Lipinski definition) is 1. The molecule has 1 nitrogen and oxygen atoms in total. The zero-order valence-corrected chi connectivity index (χ0v) is 6.73. The van der Waals surface area contributed by atoms with Gasteiger partial charge in [0.25, 0.3) is 0 Å². The molecule has 0 bridgehead atoms. The Labute approximate surface area is 69.3 Å². The van der Waals surface area contributed by atoms with Crippen LogP contribution in [0.15, 0.2) is 29.9 Å². The molecule has 0 amide bonds. The van der Waals surface area contributed by atoms with E-state index in [4.69, 9.17) is 0 Å². The topological polar surface area (TPSA) is 12.4 Å². The normalized spacial score (nSPS) is 13.8. The predicted octanol–water partition coefficient (Wildman–Crippen LogP) is 3.10. The van der Waals surface area contributed by atoms with E-state index in [1.165, 1.54) is 6.20 Å². The van der Waals surface area contributed by atoms with E-state index in [2.05, 4.69) is 11.6 Å². The van der Waals surface area contributed by atoms with Crippen molar-refractivity contribution in [2.75, 3.05) is 0 Å². The van der Waals surface area contributed by atoms with Gasteiger partial charge in [-0.25, -0.2) is 0 Å². The molecule has 0 aromatic heterocycles. The van der Waals surface area contributed by atoms with E-state index in [0.29, 0.717) is 0 Å².